The molecule has 24 heavy (non-hydrogen) atoms. The van der Waals surface area contributed by atoms with Crippen LogP contribution in [0.1, 0.15) is 15.4 Å². The Balaban J connectivity index is 1.84. The van der Waals surface area contributed by atoms with Gasteiger partial charge in [-0.25, -0.2) is 9.97 Å². The Morgan fingerprint density at radius 3 is 2.71 bits per heavy atom. The summed E-state index contributed by atoms with van der Waals surface area (Å²) in [5, 5.41) is 2.89. The Kier molecular flexibility index (Phi) is 4.91. The maximum absolute atomic E-state index is 12.4. The van der Waals surface area contributed by atoms with Gasteiger partial charge in [-0.2, -0.15) is 4.98 Å². The van der Waals surface area contributed by atoms with Gasteiger partial charge in [0.05, 0.1) is 30.6 Å². The first-order chi connectivity index (χ1) is 11.6. The van der Waals surface area contributed by atoms with Crippen molar-refractivity contribution in [3.8, 4) is 0 Å². The molecule has 1 saturated heterocycles. The van der Waals surface area contributed by atoms with Crippen LogP contribution in [0.4, 0.5) is 17.5 Å². The zero-order chi connectivity index (χ0) is 17.1. The van der Waals surface area contributed by atoms with E-state index in [2.05, 4.69) is 25.2 Å². The molecule has 3 heterocycles. The van der Waals surface area contributed by atoms with Gasteiger partial charge in [0.2, 0.25) is 5.95 Å². The number of thiazole rings is 1. The Bertz CT molecular complexity index is 727. The van der Waals surface area contributed by atoms with Gasteiger partial charge in [-0.1, -0.05) is 0 Å². The van der Waals surface area contributed by atoms with E-state index in [-0.39, 0.29) is 5.91 Å². The third-order valence-corrected chi connectivity index (χ3v) is 4.60. The number of aromatic nitrogens is 3. The molecule has 128 valence electrons. The van der Waals surface area contributed by atoms with Crippen LogP contribution in [0.2, 0.25) is 0 Å². The van der Waals surface area contributed by atoms with Crippen LogP contribution in [-0.2, 0) is 4.74 Å². The zero-order valence-corrected chi connectivity index (χ0v) is 14.8. The lowest BCUT2D eigenvalue weighted by atomic mass is 10.3. The highest BCUT2D eigenvalue weighted by molar-refractivity contribution is 7.12. The van der Waals surface area contributed by atoms with E-state index in [1.54, 1.807) is 11.7 Å². The minimum Gasteiger partial charge on any atom is -0.378 e. The van der Waals surface area contributed by atoms with Gasteiger partial charge in [0.25, 0.3) is 5.91 Å². The minimum absolute atomic E-state index is 0.194. The number of rotatable bonds is 4. The number of morpholine rings is 1. The van der Waals surface area contributed by atoms with Gasteiger partial charge >= 0.3 is 0 Å². The average Bonchev–Trinajstić information content (AvgIpc) is 3.02. The van der Waals surface area contributed by atoms with E-state index in [4.69, 9.17) is 4.74 Å². The van der Waals surface area contributed by atoms with Crippen molar-refractivity contribution in [2.75, 3.05) is 55.5 Å². The van der Waals surface area contributed by atoms with E-state index in [0.717, 1.165) is 18.8 Å². The highest BCUT2D eigenvalue weighted by Gasteiger charge is 2.19. The smallest absolute Gasteiger partial charge is 0.267 e. The van der Waals surface area contributed by atoms with Crippen LogP contribution >= 0.6 is 11.3 Å². The predicted molar refractivity (Wildman–Crippen MR) is 94.2 cm³/mol. The summed E-state index contributed by atoms with van der Waals surface area (Å²) in [4.78, 5) is 30.1. The standard InChI is InChI=1S/C15H20N6O2S/c1-10-12(24-9-17-10)14(22)18-11-8-16-15(19-13(11)20(2)3)21-4-6-23-7-5-21/h8-9H,4-7H2,1-3H3,(H,18,22). The number of aryl methyl sites for hydroxylation is 1. The van der Waals surface area contributed by atoms with Crippen LogP contribution in [0.15, 0.2) is 11.7 Å². The molecule has 2 aromatic rings. The Morgan fingerprint density at radius 1 is 1.33 bits per heavy atom. The number of carbonyl (C=O) groups excluding carboxylic acids is 1. The highest BCUT2D eigenvalue weighted by atomic mass is 32.1. The first-order valence-electron chi connectivity index (χ1n) is 7.64. The number of hydrogen-bond acceptors (Lipinski definition) is 8. The van der Waals surface area contributed by atoms with Crippen LogP contribution < -0.4 is 15.1 Å². The molecular formula is C15H20N6O2S. The number of nitrogens with one attached hydrogen (secondary N) is 1. The molecule has 0 radical (unpaired) electrons. The lowest BCUT2D eigenvalue weighted by Crippen LogP contribution is -2.37. The van der Waals surface area contributed by atoms with Gasteiger partial charge in [-0.05, 0) is 6.92 Å². The quantitative estimate of drug-likeness (QED) is 0.894. The molecule has 9 heteroatoms. The van der Waals surface area contributed by atoms with E-state index >= 15 is 0 Å². The molecule has 2 aromatic heterocycles. The Morgan fingerprint density at radius 2 is 2.08 bits per heavy atom. The summed E-state index contributed by atoms with van der Waals surface area (Å²) >= 11 is 1.32. The molecule has 0 spiro atoms. The van der Waals surface area contributed by atoms with Crippen molar-refractivity contribution in [3.05, 3.63) is 22.3 Å². The second-order valence-corrected chi connectivity index (χ2v) is 6.48. The first-order valence-corrected chi connectivity index (χ1v) is 8.52. The van der Waals surface area contributed by atoms with Gasteiger partial charge in [-0.3, -0.25) is 4.79 Å². The van der Waals surface area contributed by atoms with E-state index in [1.165, 1.54) is 11.3 Å². The van der Waals surface area contributed by atoms with Crippen molar-refractivity contribution < 1.29 is 9.53 Å². The Labute approximate surface area is 144 Å². The second-order valence-electron chi connectivity index (χ2n) is 5.62. The maximum atomic E-state index is 12.4. The molecule has 1 N–H and O–H groups in total. The number of ether oxygens (including phenoxy) is 1. The van der Waals surface area contributed by atoms with E-state index in [9.17, 15) is 4.79 Å². The molecule has 1 aliphatic rings. The van der Waals surface area contributed by atoms with Crippen molar-refractivity contribution in [2.45, 2.75) is 6.92 Å². The molecule has 0 bridgehead atoms. The topological polar surface area (TPSA) is 83.5 Å². The fraction of sp³-hybridized carbons (Fsp3) is 0.467. The van der Waals surface area contributed by atoms with Gasteiger partial charge in [-0.15, -0.1) is 11.3 Å². The summed E-state index contributed by atoms with van der Waals surface area (Å²) in [5.74, 6) is 1.12. The maximum Gasteiger partial charge on any atom is 0.267 e. The minimum atomic E-state index is -0.194. The Hall–Kier alpha value is -2.26. The predicted octanol–water partition coefficient (Wildman–Crippen LogP) is 1.40. The lowest BCUT2D eigenvalue weighted by Gasteiger charge is -2.28. The van der Waals surface area contributed by atoms with Crippen LogP contribution in [0.5, 0.6) is 0 Å². The van der Waals surface area contributed by atoms with Crippen molar-refractivity contribution in [1.82, 2.24) is 15.0 Å². The van der Waals surface area contributed by atoms with Crippen LogP contribution in [0.3, 0.4) is 0 Å². The summed E-state index contributed by atoms with van der Waals surface area (Å²) in [6, 6.07) is 0. The largest absolute Gasteiger partial charge is 0.378 e. The van der Waals surface area contributed by atoms with Gasteiger partial charge in [0.1, 0.15) is 10.6 Å². The van der Waals surface area contributed by atoms with Gasteiger partial charge < -0.3 is 19.9 Å². The molecule has 0 aromatic carbocycles. The van der Waals surface area contributed by atoms with E-state index in [0.29, 0.717) is 35.5 Å². The molecule has 0 aliphatic carbocycles. The fourth-order valence-electron chi connectivity index (χ4n) is 2.41. The molecule has 1 fully saturated rings. The highest BCUT2D eigenvalue weighted by Crippen LogP contribution is 2.25. The second kappa shape index (κ2) is 7.10. The molecule has 0 unspecified atom stereocenters. The SMILES string of the molecule is Cc1ncsc1C(=O)Nc1cnc(N2CCOCC2)nc1N(C)C. The molecule has 0 atom stereocenters. The number of carbonyl (C=O) groups is 1. The summed E-state index contributed by atoms with van der Waals surface area (Å²) in [6.07, 6.45) is 1.65. The monoisotopic (exact) mass is 348 g/mol. The lowest BCUT2D eigenvalue weighted by molar-refractivity contribution is 0.102. The molecule has 3 rings (SSSR count). The van der Waals surface area contributed by atoms with Gasteiger partial charge in [0, 0.05) is 27.2 Å². The number of hydrogen-bond donors (Lipinski definition) is 1. The average molecular weight is 348 g/mol. The van der Waals surface area contributed by atoms with E-state index < -0.39 is 0 Å². The number of nitrogens with zero attached hydrogens (tertiary/aromatic N) is 5. The van der Waals surface area contributed by atoms with Crippen LogP contribution in [-0.4, -0.2) is 61.3 Å². The summed E-state index contributed by atoms with van der Waals surface area (Å²) in [7, 11) is 3.78. The molecule has 0 saturated carbocycles. The van der Waals surface area contributed by atoms with Crippen LogP contribution in [0, 0.1) is 6.92 Å². The van der Waals surface area contributed by atoms with E-state index in [1.807, 2.05) is 25.9 Å². The first kappa shape index (κ1) is 16.6. The molecule has 1 amide bonds. The third-order valence-electron chi connectivity index (χ3n) is 3.67. The summed E-state index contributed by atoms with van der Waals surface area (Å²) < 4.78 is 5.36. The third kappa shape index (κ3) is 3.46. The zero-order valence-electron chi connectivity index (χ0n) is 13.9. The van der Waals surface area contributed by atoms with Crippen molar-refractivity contribution in [2.24, 2.45) is 0 Å². The normalized spacial score (nSPS) is 14.5. The van der Waals surface area contributed by atoms with Crippen molar-refractivity contribution in [1.29, 1.82) is 0 Å². The van der Waals surface area contributed by atoms with Gasteiger partial charge in [0.15, 0.2) is 5.82 Å². The van der Waals surface area contributed by atoms with Crippen molar-refractivity contribution in [3.63, 3.8) is 0 Å². The summed E-state index contributed by atoms with van der Waals surface area (Å²) in [5.41, 5.74) is 2.96. The van der Waals surface area contributed by atoms with Crippen molar-refractivity contribution >= 4 is 34.7 Å². The van der Waals surface area contributed by atoms with Crippen LogP contribution in [0.25, 0.3) is 0 Å². The molecular weight excluding hydrogens is 328 g/mol. The summed E-state index contributed by atoms with van der Waals surface area (Å²) in [6.45, 7) is 4.68. The molecule has 8 nitrogen and oxygen atoms in total. The number of anilines is 3. The molecule has 1 aliphatic heterocycles. The fourth-order valence-corrected chi connectivity index (χ4v) is 3.11. The number of amides is 1.